The monoisotopic (exact) mass is 194 g/mol. The van der Waals surface area contributed by atoms with E-state index in [1.807, 2.05) is 6.07 Å². The Morgan fingerprint density at radius 2 is 1.93 bits per heavy atom. The summed E-state index contributed by atoms with van der Waals surface area (Å²) >= 11 is 0. The third-order valence-corrected chi connectivity index (χ3v) is 1.45. The van der Waals surface area contributed by atoms with E-state index in [9.17, 15) is 0 Å². The number of nitrogens with two attached hydrogens (primary N) is 1. The predicted molar refractivity (Wildman–Crippen MR) is 51.9 cm³/mol. The minimum atomic E-state index is -0.297. The molecule has 0 bridgehead atoms. The lowest BCUT2D eigenvalue weighted by Crippen LogP contribution is -2.34. The number of benzene rings is 1. The second kappa shape index (κ2) is 4.83. The van der Waals surface area contributed by atoms with Gasteiger partial charge in [0.1, 0.15) is 0 Å². The molecule has 0 amide bonds. The van der Waals surface area contributed by atoms with Gasteiger partial charge in [0.2, 0.25) is 5.84 Å². The SMILES string of the molecule is NC(=Nc1ccccc1)/C(=N/O)NO. The van der Waals surface area contributed by atoms with Gasteiger partial charge in [-0.1, -0.05) is 23.4 Å². The molecule has 0 aliphatic carbocycles. The van der Waals surface area contributed by atoms with E-state index in [1.54, 1.807) is 29.7 Å². The van der Waals surface area contributed by atoms with Gasteiger partial charge in [0.15, 0.2) is 5.84 Å². The minimum absolute atomic E-state index is 0.110. The highest BCUT2D eigenvalue weighted by atomic mass is 16.5. The van der Waals surface area contributed by atoms with Crippen molar-refractivity contribution in [3.8, 4) is 0 Å². The summed E-state index contributed by atoms with van der Waals surface area (Å²) in [4.78, 5) is 3.88. The number of para-hydroxylation sites is 1. The molecule has 1 rings (SSSR count). The number of nitrogens with zero attached hydrogens (tertiary/aromatic N) is 2. The van der Waals surface area contributed by atoms with E-state index in [0.717, 1.165) is 0 Å². The van der Waals surface area contributed by atoms with Crippen LogP contribution >= 0.6 is 0 Å². The van der Waals surface area contributed by atoms with Crippen molar-refractivity contribution in [1.29, 1.82) is 0 Å². The average Bonchev–Trinajstić information content (AvgIpc) is 2.21. The molecular weight excluding hydrogens is 184 g/mol. The molecule has 74 valence electrons. The lowest BCUT2D eigenvalue weighted by atomic mass is 10.3. The van der Waals surface area contributed by atoms with Gasteiger partial charge in [0.05, 0.1) is 5.69 Å². The van der Waals surface area contributed by atoms with Gasteiger partial charge in [0.25, 0.3) is 0 Å². The molecule has 0 aliphatic rings. The van der Waals surface area contributed by atoms with Crippen molar-refractivity contribution in [3.05, 3.63) is 30.3 Å². The molecular formula is C8H10N4O2. The zero-order valence-corrected chi connectivity index (χ0v) is 7.25. The van der Waals surface area contributed by atoms with E-state index in [2.05, 4.69) is 10.1 Å². The first-order valence-corrected chi connectivity index (χ1v) is 3.79. The van der Waals surface area contributed by atoms with Crippen molar-refractivity contribution >= 4 is 17.4 Å². The van der Waals surface area contributed by atoms with E-state index in [-0.39, 0.29) is 11.7 Å². The summed E-state index contributed by atoms with van der Waals surface area (Å²) < 4.78 is 0. The highest BCUT2D eigenvalue weighted by Gasteiger charge is 2.03. The van der Waals surface area contributed by atoms with Crippen molar-refractivity contribution < 1.29 is 10.4 Å². The summed E-state index contributed by atoms with van der Waals surface area (Å²) in [5.74, 6) is -0.407. The molecule has 0 aliphatic heterocycles. The lowest BCUT2D eigenvalue weighted by molar-refractivity contribution is 0.225. The van der Waals surface area contributed by atoms with Gasteiger partial charge in [-0.05, 0) is 12.1 Å². The molecule has 0 saturated carbocycles. The Bertz CT molecular complexity index is 348. The van der Waals surface area contributed by atoms with Crippen LogP contribution in [-0.4, -0.2) is 22.1 Å². The zero-order valence-electron chi connectivity index (χ0n) is 7.25. The molecule has 0 fully saturated rings. The average molecular weight is 194 g/mol. The third-order valence-electron chi connectivity index (χ3n) is 1.45. The van der Waals surface area contributed by atoms with Crippen LogP contribution in [0.25, 0.3) is 0 Å². The van der Waals surface area contributed by atoms with Crippen LogP contribution in [0.1, 0.15) is 0 Å². The van der Waals surface area contributed by atoms with E-state index in [4.69, 9.17) is 16.1 Å². The molecule has 5 N–H and O–H groups in total. The lowest BCUT2D eigenvalue weighted by Gasteiger charge is -2.00. The summed E-state index contributed by atoms with van der Waals surface area (Å²) in [5.41, 5.74) is 7.62. The van der Waals surface area contributed by atoms with Crippen molar-refractivity contribution in [2.75, 3.05) is 0 Å². The summed E-state index contributed by atoms with van der Waals surface area (Å²) in [6.45, 7) is 0. The zero-order chi connectivity index (χ0) is 10.4. The smallest absolute Gasteiger partial charge is 0.231 e. The fourth-order valence-corrected chi connectivity index (χ4v) is 0.825. The van der Waals surface area contributed by atoms with Gasteiger partial charge >= 0.3 is 0 Å². The van der Waals surface area contributed by atoms with Crippen LogP contribution in [-0.2, 0) is 0 Å². The van der Waals surface area contributed by atoms with Crippen LogP contribution in [0.4, 0.5) is 5.69 Å². The maximum absolute atomic E-state index is 8.47. The van der Waals surface area contributed by atoms with Gasteiger partial charge in [-0.2, -0.15) is 0 Å². The topological polar surface area (TPSA) is 103 Å². The summed E-state index contributed by atoms with van der Waals surface area (Å²) in [5, 5.41) is 19.6. The molecule has 0 unspecified atom stereocenters. The first-order valence-electron chi connectivity index (χ1n) is 3.79. The number of rotatable bonds is 1. The van der Waals surface area contributed by atoms with Gasteiger partial charge in [-0.3, -0.25) is 5.21 Å². The van der Waals surface area contributed by atoms with Gasteiger partial charge in [0, 0.05) is 0 Å². The van der Waals surface area contributed by atoms with Crippen LogP contribution in [0, 0.1) is 0 Å². The maximum atomic E-state index is 8.47. The van der Waals surface area contributed by atoms with Crippen LogP contribution < -0.4 is 11.2 Å². The highest BCUT2D eigenvalue weighted by molar-refractivity contribution is 6.39. The quantitative estimate of drug-likeness (QED) is 0.225. The molecule has 0 heterocycles. The second-order valence-corrected chi connectivity index (χ2v) is 2.39. The Hall–Kier alpha value is -2.08. The number of aliphatic imine (C=N–C) groups is 1. The molecule has 6 heteroatoms. The van der Waals surface area contributed by atoms with Gasteiger partial charge in [-0.25, -0.2) is 10.5 Å². The molecule has 0 spiro atoms. The fraction of sp³-hybridized carbons (Fsp3) is 0. The van der Waals surface area contributed by atoms with Crippen LogP contribution in [0.3, 0.4) is 0 Å². The first-order chi connectivity index (χ1) is 6.77. The fourth-order valence-electron chi connectivity index (χ4n) is 0.825. The minimum Gasteiger partial charge on any atom is -0.409 e. The Labute approximate surface area is 80.3 Å². The van der Waals surface area contributed by atoms with Gasteiger partial charge < -0.3 is 10.9 Å². The van der Waals surface area contributed by atoms with Gasteiger partial charge in [-0.15, -0.1) is 0 Å². The number of nitrogens with one attached hydrogen (secondary N) is 1. The van der Waals surface area contributed by atoms with Crippen LogP contribution in [0.2, 0.25) is 0 Å². The predicted octanol–water partition coefficient (Wildman–Crippen LogP) is 0.442. The van der Waals surface area contributed by atoms with E-state index in [0.29, 0.717) is 5.69 Å². The molecule has 0 aromatic heterocycles. The molecule has 14 heavy (non-hydrogen) atoms. The Morgan fingerprint density at radius 3 is 2.43 bits per heavy atom. The van der Waals surface area contributed by atoms with Crippen molar-refractivity contribution in [3.63, 3.8) is 0 Å². The number of amidine groups is 2. The van der Waals surface area contributed by atoms with Crippen LogP contribution in [0.5, 0.6) is 0 Å². The highest BCUT2D eigenvalue weighted by Crippen LogP contribution is 2.08. The van der Waals surface area contributed by atoms with Crippen molar-refractivity contribution in [2.45, 2.75) is 0 Å². The number of hydroxylamine groups is 1. The van der Waals surface area contributed by atoms with Crippen molar-refractivity contribution in [1.82, 2.24) is 5.48 Å². The Morgan fingerprint density at radius 1 is 1.29 bits per heavy atom. The van der Waals surface area contributed by atoms with Crippen LogP contribution in [0.15, 0.2) is 40.5 Å². The van der Waals surface area contributed by atoms with Crippen molar-refractivity contribution in [2.24, 2.45) is 15.9 Å². The van der Waals surface area contributed by atoms with E-state index < -0.39 is 0 Å². The second-order valence-electron chi connectivity index (χ2n) is 2.39. The molecule has 0 atom stereocenters. The molecule has 0 radical (unpaired) electrons. The third kappa shape index (κ3) is 2.46. The Balaban J connectivity index is 2.89. The molecule has 0 saturated heterocycles. The molecule has 6 nitrogen and oxygen atoms in total. The number of oxime groups is 1. The molecule has 1 aromatic carbocycles. The summed E-state index contributed by atoms with van der Waals surface area (Å²) in [7, 11) is 0. The first kappa shape index (κ1) is 10.0. The normalized spacial score (nSPS) is 12.6. The maximum Gasteiger partial charge on any atom is 0.231 e. The summed E-state index contributed by atoms with van der Waals surface area (Å²) in [6, 6.07) is 8.85. The van der Waals surface area contributed by atoms with E-state index >= 15 is 0 Å². The largest absolute Gasteiger partial charge is 0.409 e. The van der Waals surface area contributed by atoms with E-state index in [1.165, 1.54) is 0 Å². The Kier molecular flexibility index (Phi) is 3.45. The number of hydrogen-bond donors (Lipinski definition) is 4. The number of hydrogen-bond acceptors (Lipinski definition) is 4. The summed E-state index contributed by atoms with van der Waals surface area (Å²) in [6.07, 6.45) is 0. The standard InChI is InChI=1S/C8H10N4O2/c9-7(8(11-13)12-14)10-6-4-2-1-3-5-6/h1-5,13-14H,(H2,9,10)(H,11,12). The molecule has 1 aromatic rings.